The first-order valence-electron chi connectivity index (χ1n) is 4.95. The van der Waals surface area contributed by atoms with E-state index in [9.17, 15) is 9.59 Å². The highest BCUT2D eigenvalue weighted by molar-refractivity contribution is 5.97. The minimum absolute atomic E-state index is 0.217. The highest BCUT2D eigenvalue weighted by atomic mass is 16.5. The van der Waals surface area contributed by atoms with Gasteiger partial charge in [0, 0.05) is 13.5 Å². The number of carbonyl (C=O) groups is 2. The van der Waals surface area contributed by atoms with Crippen LogP contribution in [-0.2, 0) is 11.3 Å². The minimum Gasteiger partial charge on any atom is -0.340 e. The van der Waals surface area contributed by atoms with E-state index in [1.54, 1.807) is 13.8 Å². The van der Waals surface area contributed by atoms with Crippen LogP contribution in [0.4, 0.5) is 4.79 Å². The van der Waals surface area contributed by atoms with E-state index < -0.39 is 6.03 Å². The zero-order valence-corrected chi connectivity index (χ0v) is 9.06. The molecule has 1 unspecified atom stereocenters. The van der Waals surface area contributed by atoms with Gasteiger partial charge in [-0.05, 0) is 0 Å². The summed E-state index contributed by atoms with van der Waals surface area (Å²) in [7, 11) is 0. The number of nitrogens with zero attached hydrogens (tertiary/aromatic N) is 3. The Morgan fingerprint density at radius 3 is 2.94 bits per heavy atom. The number of aryl methyl sites for hydroxylation is 1. The van der Waals surface area contributed by atoms with Gasteiger partial charge in [-0.1, -0.05) is 12.1 Å². The second kappa shape index (κ2) is 3.92. The van der Waals surface area contributed by atoms with Gasteiger partial charge in [0.25, 0.3) is 0 Å². The Morgan fingerprint density at radius 1 is 1.56 bits per heavy atom. The van der Waals surface area contributed by atoms with E-state index in [1.165, 1.54) is 4.90 Å². The molecule has 0 spiro atoms. The fraction of sp³-hybridized carbons (Fsp3) is 0.556. The normalized spacial score (nSPS) is 21.1. The summed E-state index contributed by atoms with van der Waals surface area (Å²) < 4.78 is 4.80. The van der Waals surface area contributed by atoms with E-state index in [0.29, 0.717) is 18.3 Å². The topological polar surface area (TPSA) is 88.3 Å². The number of nitrogens with one attached hydrogen (secondary N) is 1. The molecule has 0 radical (unpaired) electrons. The molecule has 0 saturated carbocycles. The summed E-state index contributed by atoms with van der Waals surface area (Å²) in [4.78, 5) is 28.1. The average molecular weight is 224 g/mol. The lowest BCUT2D eigenvalue weighted by Crippen LogP contribution is -2.53. The van der Waals surface area contributed by atoms with Gasteiger partial charge in [0.1, 0.15) is 0 Å². The van der Waals surface area contributed by atoms with Gasteiger partial charge in [0.2, 0.25) is 11.8 Å². The van der Waals surface area contributed by atoms with Gasteiger partial charge in [-0.3, -0.25) is 10.1 Å². The predicted octanol–water partition coefficient (Wildman–Crippen LogP) is 0.0659. The van der Waals surface area contributed by atoms with Crippen molar-refractivity contribution in [3.8, 4) is 0 Å². The van der Waals surface area contributed by atoms with Crippen molar-refractivity contribution in [2.24, 2.45) is 5.92 Å². The van der Waals surface area contributed by atoms with Gasteiger partial charge < -0.3 is 9.42 Å². The summed E-state index contributed by atoms with van der Waals surface area (Å²) in [5, 5.41) is 5.96. The molecule has 2 heterocycles. The number of carbonyl (C=O) groups excluding carboxylic acids is 2. The molecular weight excluding hydrogens is 212 g/mol. The highest BCUT2D eigenvalue weighted by Crippen LogP contribution is 2.10. The molecule has 1 fully saturated rings. The van der Waals surface area contributed by atoms with Crippen molar-refractivity contribution in [2.75, 3.05) is 6.54 Å². The lowest BCUT2D eigenvalue weighted by molar-refractivity contribution is -0.125. The van der Waals surface area contributed by atoms with Crippen LogP contribution in [0.1, 0.15) is 18.6 Å². The summed E-state index contributed by atoms with van der Waals surface area (Å²) in [6, 6.07) is -0.412. The number of rotatable bonds is 2. The Bertz CT molecular complexity index is 428. The minimum atomic E-state index is -0.412. The standard InChI is InChI=1S/C9H12N4O3/c1-5-3-13(9(15)11-8(5)14)4-7-10-6(2)16-12-7/h5H,3-4H2,1-2H3,(H,11,14,15). The van der Waals surface area contributed by atoms with E-state index in [0.717, 1.165) is 0 Å². The van der Waals surface area contributed by atoms with Crippen molar-refractivity contribution in [2.45, 2.75) is 20.4 Å². The number of hydrogen-bond donors (Lipinski definition) is 1. The molecule has 0 aliphatic carbocycles. The van der Waals surface area contributed by atoms with E-state index in [-0.39, 0.29) is 18.4 Å². The molecular formula is C9H12N4O3. The first-order valence-corrected chi connectivity index (χ1v) is 4.95. The summed E-state index contributed by atoms with van der Waals surface area (Å²) in [5.41, 5.74) is 0. The summed E-state index contributed by atoms with van der Waals surface area (Å²) in [6.45, 7) is 4.06. The molecule has 86 valence electrons. The summed E-state index contributed by atoms with van der Waals surface area (Å²) >= 11 is 0. The van der Waals surface area contributed by atoms with Crippen LogP contribution >= 0.6 is 0 Å². The zero-order chi connectivity index (χ0) is 11.7. The first kappa shape index (κ1) is 10.6. The number of hydrogen-bond acceptors (Lipinski definition) is 5. The van der Waals surface area contributed by atoms with Crippen molar-refractivity contribution >= 4 is 11.9 Å². The van der Waals surface area contributed by atoms with Crippen LogP contribution in [0.2, 0.25) is 0 Å². The van der Waals surface area contributed by atoms with Crippen LogP contribution in [0.3, 0.4) is 0 Å². The second-order valence-corrected chi connectivity index (χ2v) is 3.81. The Kier molecular flexibility index (Phi) is 2.59. The monoisotopic (exact) mass is 224 g/mol. The van der Waals surface area contributed by atoms with Crippen molar-refractivity contribution in [1.29, 1.82) is 0 Å². The van der Waals surface area contributed by atoms with Crippen molar-refractivity contribution in [1.82, 2.24) is 20.4 Å². The maximum atomic E-state index is 11.5. The molecule has 1 atom stereocenters. The summed E-state index contributed by atoms with van der Waals surface area (Å²) in [5.74, 6) is 0.432. The van der Waals surface area contributed by atoms with Crippen molar-refractivity contribution < 1.29 is 14.1 Å². The van der Waals surface area contributed by atoms with Crippen LogP contribution in [0.25, 0.3) is 0 Å². The molecule has 1 N–H and O–H groups in total. The van der Waals surface area contributed by atoms with Crippen molar-refractivity contribution in [3.05, 3.63) is 11.7 Å². The van der Waals surface area contributed by atoms with Crippen LogP contribution in [0.15, 0.2) is 4.52 Å². The van der Waals surface area contributed by atoms with Gasteiger partial charge in [0.15, 0.2) is 5.82 Å². The molecule has 1 aliphatic rings. The first-order chi connectivity index (χ1) is 7.56. The van der Waals surface area contributed by atoms with Crippen molar-refractivity contribution in [3.63, 3.8) is 0 Å². The molecule has 7 nitrogen and oxygen atoms in total. The van der Waals surface area contributed by atoms with Crippen LogP contribution in [-0.4, -0.2) is 33.5 Å². The largest absolute Gasteiger partial charge is 0.340 e. The van der Waals surface area contributed by atoms with Gasteiger partial charge >= 0.3 is 6.03 Å². The molecule has 16 heavy (non-hydrogen) atoms. The van der Waals surface area contributed by atoms with Gasteiger partial charge in [-0.15, -0.1) is 0 Å². The predicted molar refractivity (Wildman–Crippen MR) is 52.1 cm³/mol. The molecule has 3 amide bonds. The van der Waals surface area contributed by atoms with Gasteiger partial charge in [0.05, 0.1) is 12.5 Å². The number of imide groups is 1. The zero-order valence-electron chi connectivity index (χ0n) is 9.06. The fourth-order valence-corrected chi connectivity index (χ4v) is 1.52. The van der Waals surface area contributed by atoms with Crippen LogP contribution in [0, 0.1) is 12.8 Å². The Hall–Kier alpha value is -1.92. The SMILES string of the molecule is Cc1nc(CN2CC(C)C(=O)NC2=O)no1. The summed E-state index contributed by atoms with van der Waals surface area (Å²) in [6.07, 6.45) is 0. The highest BCUT2D eigenvalue weighted by Gasteiger charge is 2.29. The second-order valence-electron chi connectivity index (χ2n) is 3.81. The van der Waals surface area contributed by atoms with Gasteiger partial charge in [-0.25, -0.2) is 4.79 Å². The maximum absolute atomic E-state index is 11.5. The molecule has 7 heteroatoms. The number of amides is 3. The molecule has 1 aliphatic heterocycles. The molecule has 0 aromatic carbocycles. The lowest BCUT2D eigenvalue weighted by atomic mass is 10.1. The third-order valence-corrected chi connectivity index (χ3v) is 2.36. The Morgan fingerprint density at radius 2 is 2.31 bits per heavy atom. The molecule has 1 saturated heterocycles. The third kappa shape index (κ3) is 2.02. The van der Waals surface area contributed by atoms with Gasteiger partial charge in [-0.2, -0.15) is 4.98 Å². The van der Waals surface area contributed by atoms with E-state index in [4.69, 9.17) is 4.52 Å². The Labute approximate surface area is 91.8 Å². The van der Waals surface area contributed by atoms with E-state index in [2.05, 4.69) is 15.5 Å². The quantitative estimate of drug-likeness (QED) is 0.767. The smallest absolute Gasteiger partial charge is 0.324 e. The average Bonchev–Trinajstić information content (AvgIpc) is 2.60. The molecule has 2 rings (SSSR count). The van der Waals surface area contributed by atoms with E-state index in [1.807, 2.05) is 0 Å². The lowest BCUT2D eigenvalue weighted by Gasteiger charge is -2.29. The van der Waals surface area contributed by atoms with E-state index >= 15 is 0 Å². The molecule has 0 bridgehead atoms. The molecule has 1 aromatic rings. The molecule has 1 aromatic heterocycles. The third-order valence-electron chi connectivity index (χ3n) is 2.36. The van der Waals surface area contributed by atoms with Crippen LogP contribution < -0.4 is 5.32 Å². The van der Waals surface area contributed by atoms with Crippen LogP contribution in [0.5, 0.6) is 0 Å². The fourth-order valence-electron chi connectivity index (χ4n) is 1.52. The maximum Gasteiger partial charge on any atom is 0.324 e. The Balaban J connectivity index is 2.04. The number of aromatic nitrogens is 2. The number of urea groups is 1.